The number of furan rings is 2. The molecule has 0 amide bonds. The van der Waals surface area contributed by atoms with Gasteiger partial charge >= 0.3 is 0 Å². The first-order chi connectivity index (χ1) is 27.3. The van der Waals surface area contributed by atoms with Gasteiger partial charge in [0.15, 0.2) is 0 Å². The topological polar surface area (TPSA) is 29.5 Å². The first kappa shape index (κ1) is 31.2. The van der Waals surface area contributed by atoms with E-state index < -0.39 is 0 Å². The van der Waals surface area contributed by atoms with E-state index in [1.54, 1.807) is 0 Å². The summed E-state index contributed by atoms with van der Waals surface area (Å²) in [5.74, 6) is 0. The third-order valence-electron chi connectivity index (χ3n) is 10.9. The highest BCUT2D eigenvalue weighted by molar-refractivity contribution is 6.31. The van der Waals surface area contributed by atoms with Gasteiger partial charge in [0.1, 0.15) is 22.3 Å². The molecule has 0 N–H and O–H groups in total. The van der Waals surface area contributed by atoms with Gasteiger partial charge in [-0.3, -0.25) is 0 Å². The van der Waals surface area contributed by atoms with Gasteiger partial charge in [0, 0.05) is 49.6 Å². The molecule has 0 atom stereocenters. The molecule has 258 valence electrons. The molecule has 0 saturated carbocycles. The quantitative estimate of drug-likeness (QED) is 0.173. The maximum absolute atomic E-state index is 6.82. The minimum Gasteiger partial charge on any atom is -0.456 e. The van der Waals surface area contributed by atoms with Gasteiger partial charge in [-0.15, -0.1) is 0 Å². The van der Waals surface area contributed by atoms with Gasteiger partial charge < -0.3 is 13.7 Å². The van der Waals surface area contributed by atoms with Crippen LogP contribution in [-0.2, 0) is 0 Å². The second kappa shape index (κ2) is 12.6. The molecule has 11 rings (SSSR count). The number of para-hydroxylation sites is 2. The first-order valence-electron chi connectivity index (χ1n) is 18.7. The molecule has 0 bridgehead atoms. The Morgan fingerprint density at radius 1 is 0.309 bits per heavy atom. The number of benzene rings is 9. The molecule has 0 radical (unpaired) electrons. The summed E-state index contributed by atoms with van der Waals surface area (Å²) in [7, 11) is 0. The summed E-state index contributed by atoms with van der Waals surface area (Å²) in [5.41, 5.74) is 13.6. The Morgan fingerprint density at radius 2 is 0.836 bits per heavy atom. The molecule has 3 nitrogen and oxygen atoms in total. The summed E-state index contributed by atoms with van der Waals surface area (Å²) in [4.78, 5) is 2.33. The highest BCUT2D eigenvalue weighted by Gasteiger charge is 2.20. The third-order valence-corrected chi connectivity index (χ3v) is 10.9. The fourth-order valence-corrected chi connectivity index (χ4v) is 8.27. The van der Waals surface area contributed by atoms with E-state index in [0.29, 0.717) is 0 Å². The van der Waals surface area contributed by atoms with Crippen LogP contribution in [-0.4, -0.2) is 0 Å². The molecule has 2 heterocycles. The normalized spacial score (nSPS) is 11.6. The molecule has 11 aromatic rings. The Kier molecular flexibility index (Phi) is 7.17. The van der Waals surface area contributed by atoms with Gasteiger partial charge in [-0.1, -0.05) is 146 Å². The smallest absolute Gasteiger partial charge is 0.143 e. The van der Waals surface area contributed by atoms with E-state index in [-0.39, 0.29) is 0 Å². The van der Waals surface area contributed by atoms with Crippen LogP contribution in [0.25, 0.3) is 88.0 Å². The van der Waals surface area contributed by atoms with Crippen molar-refractivity contribution in [3.8, 4) is 33.4 Å². The van der Waals surface area contributed by atoms with Crippen LogP contribution >= 0.6 is 0 Å². The number of rotatable bonds is 6. The highest BCUT2D eigenvalue weighted by atomic mass is 16.3. The molecular formula is C52H33NO2. The Hall–Kier alpha value is -7.36. The van der Waals surface area contributed by atoms with Crippen LogP contribution in [0.1, 0.15) is 0 Å². The van der Waals surface area contributed by atoms with Crippen molar-refractivity contribution in [2.45, 2.75) is 0 Å². The second-order valence-corrected chi connectivity index (χ2v) is 14.1. The van der Waals surface area contributed by atoms with Gasteiger partial charge in [0.05, 0.1) is 0 Å². The average Bonchev–Trinajstić information content (AvgIpc) is 3.84. The maximum atomic E-state index is 6.82. The molecule has 0 saturated heterocycles. The third kappa shape index (κ3) is 5.20. The average molecular weight is 704 g/mol. The van der Waals surface area contributed by atoms with Crippen molar-refractivity contribution < 1.29 is 8.83 Å². The largest absolute Gasteiger partial charge is 0.456 e. The van der Waals surface area contributed by atoms with E-state index in [4.69, 9.17) is 8.83 Å². The lowest BCUT2D eigenvalue weighted by Gasteiger charge is -2.26. The lowest BCUT2D eigenvalue weighted by Crippen LogP contribution is -2.10. The second-order valence-electron chi connectivity index (χ2n) is 14.1. The molecule has 0 spiro atoms. The van der Waals surface area contributed by atoms with Crippen LogP contribution in [0, 0.1) is 0 Å². The number of hydrogen-bond donors (Lipinski definition) is 0. The maximum Gasteiger partial charge on any atom is 0.143 e. The minimum atomic E-state index is 0.863. The van der Waals surface area contributed by atoms with E-state index in [0.717, 1.165) is 82.8 Å². The van der Waals surface area contributed by atoms with Crippen molar-refractivity contribution in [2.75, 3.05) is 4.90 Å². The number of fused-ring (bicyclic) bond motifs is 9. The summed E-state index contributed by atoms with van der Waals surface area (Å²) >= 11 is 0. The first-order valence-corrected chi connectivity index (χ1v) is 18.7. The minimum absolute atomic E-state index is 0.863. The lowest BCUT2D eigenvalue weighted by molar-refractivity contribution is 0.669. The monoisotopic (exact) mass is 703 g/mol. The van der Waals surface area contributed by atoms with Gasteiger partial charge in [0.2, 0.25) is 0 Å². The number of anilines is 3. The molecule has 0 aliphatic heterocycles. The predicted octanol–water partition coefficient (Wildman–Crippen LogP) is 15.1. The molecule has 3 heteroatoms. The van der Waals surface area contributed by atoms with Crippen molar-refractivity contribution >= 4 is 71.7 Å². The Balaban J connectivity index is 1.07. The summed E-state index contributed by atoms with van der Waals surface area (Å²) in [6.45, 7) is 0. The van der Waals surface area contributed by atoms with E-state index in [1.807, 2.05) is 12.1 Å². The molecule has 0 aliphatic carbocycles. The van der Waals surface area contributed by atoms with Gasteiger partial charge in [-0.2, -0.15) is 0 Å². The van der Waals surface area contributed by atoms with Crippen LogP contribution in [0.2, 0.25) is 0 Å². The molecular weight excluding hydrogens is 671 g/mol. The van der Waals surface area contributed by atoms with Crippen molar-refractivity contribution in [2.24, 2.45) is 0 Å². The van der Waals surface area contributed by atoms with Gasteiger partial charge in [-0.25, -0.2) is 0 Å². The predicted molar refractivity (Wildman–Crippen MR) is 229 cm³/mol. The Bertz CT molecular complexity index is 3090. The van der Waals surface area contributed by atoms with Crippen molar-refractivity contribution in [1.82, 2.24) is 0 Å². The number of nitrogens with zero attached hydrogens (tertiary/aromatic N) is 1. The van der Waals surface area contributed by atoms with Crippen molar-refractivity contribution in [3.05, 3.63) is 200 Å². The SMILES string of the molecule is c1ccc(-c2ccc(N(c3ccc(-c4ccccc4)cc3)c3cccc(-c4cccc5c4oc4ccc6ccc7oc8ccccc8c7c6c45)c3)cc2)cc1. The number of hydrogen-bond acceptors (Lipinski definition) is 3. The van der Waals surface area contributed by atoms with Crippen LogP contribution in [0.5, 0.6) is 0 Å². The molecule has 9 aromatic carbocycles. The fourth-order valence-electron chi connectivity index (χ4n) is 8.27. The lowest BCUT2D eigenvalue weighted by atomic mass is 9.97. The van der Waals surface area contributed by atoms with Crippen LogP contribution in [0.4, 0.5) is 17.1 Å². The summed E-state index contributed by atoms with van der Waals surface area (Å²) in [6, 6.07) is 70.8. The van der Waals surface area contributed by atoms with Crippen LogP contribution < -0.4 is 4.90 Å². The standard InChI is InChI=1S/C52H33NO2/c1-3-11-34(12-4-1)36-21-27-40(28-22-36)53(41-29-23-37(24-30-41)35-13-5-2-6-14-35)42-16-9-15-39(33-42)43-18-10-19-45-51-48(55-52(43)45)32-26-38-25-31-47-50(49(38)51)44-17-7-8-20-46(44)54-47/h1-33H. The zero-order valence-electron chi connectivity index (χ0n) is 29.8. The molecule has 55 heavy (non-hydrogen) atoms. The molecule has 2 aromatic heterocycles. The van der Waals surface area contributed by atoms with Crippen molar-refractivity contribution in [3.63, 3.8) is 0 Å². The highest BCUT2D eigenvalue weighted by Crippen LogP contribution is 2.45. The van der Waals surface area contributed by atoms with E-state index >= 15 is 0 Å². The van der Waals surface area contributed by atoms with Crippen LogP contribution in [0.3, 0.4) is 0 Å². The summed E-state index contributed by atoms with van der Waals surface area (Å²) in [5, 5.41) is 6.76. The Morgan fingerprint density at radius 3 is 1.51 bits per heavy atom. The van der Waals surface area contributed by atoms with Gasteiger partial charge in [-0.05, 0) is 87.8 Å². The zero-order chi connectivity index (χ0) is 36.3. The Labute approximate surface area is 317 Å². The molecule has 0 aliphatic rings. The fraction of sp³-hybridized carbons (Fsp3) is 0. The van der Waals surface area contributed by atoms with E-state index in [1.165, 1.54) is 22.3 Å². The zero-order valence-corrected chi connectivity index (χ0v) is 29.8. The van der Waals surface area contributed by atoms with Crippen molar-refractivity contribution in [1.29, 1.82) is 0 Å². The molecule has 0 unspecified atom stereocenters. The summed E-state index contributed by atoms with van der Waals surface area (Å²) < 4.78 is 13.1. The molecule has 0 fully saturated rings. The van der Waals surface area contributed by atoms with Gasteiger partial charge in [0.25, 0.3) is 0 Å². The van der Waals surface area contributed by atoms with E-state index in [2.05, 4.69) is 193 Å². The van der Waals surface area contributed by atoms with E-state index in [9.17, 15) is 0 Å². The summed E-state index contributed by atoms with van der Waals surface area (Å²) in [6.07, 6.45) is 0. The van der Waals surface area contributed by atoms with Crippen LogP contribution in [0.15, 0.2) is 209 Å².